The third kappa shape index (κ3) is 4.74. The van der Waals surface area contributed by atoms with Crippen molar-refractivity contribution in [2.75, 3.05) is 12.9 Å². The fourth-order valence-corrected chi connectivity index (χ4v) is 5.52. The van der Waals surface area contributed by atoms with Gasteiger partial charge in [-0.15, -0.1) is 11.3 Å². The monoisotopic (exact) mass is 468 g/mol. The molecule has 1 heterocycles. The van der Waals surface area contributed by atoms with Crippen molar-refractivity contribution in [1.29, 1.82) is 0 Å². The van der Waals surface area contributed by atoms with E-state index in [1.54, 1.807) is 24.3 Å². The minimum Gasteiger partial charge on any atom is -0.462 e. The lowest BCUT2D eigenvalue weighted by molar-refractivity contribution is 0.0526. The Morgan fingerprint density at radius 1 is 1.03 bits per heavy atom. The highest BCUT2D eigenvalue weighted by Gasteiger charge is 2.14. The van der Waals surface area contributed by atoms with Gasteiger partial charge in [-0.25, -0.2) is 17.6 Å². The number of thiophene rings is 1. The highest BCUT2D eigenvalue weighted by molar-refractivity contribution is 7.90. The lowest BCUT2D eigenvalue weighted by Crippen LogP contribution is -2.04. The summed E-state index contributed by atoms with van der Waals surface area (Å²) in [7, 11) is -3.50. The molecule has 0 fully saturated rings. The molecule has 0 saturated carbocycles. The topological polar surface area (TPSA) is 60.4 Å². The number of carbonyl (C=O) groups excluding carboxylic acids is 1. The smallest absolute Gasteiger partial charge is 0.338 e. The summed E-state index contributed by atoms with van der Waals surface area (Å²) in [6.45, 7) is 2.08. The first kappa shape index (κ1) is 22.2. The summed E-state index contributed by atoms with van der Waals surface area (Å²) in [4.78, 5) is 13.1. The molecule has 4 rings (SSSR count). The van der Waals surface area contributed by atoms with Crippen molar-refractivity contribution < 1.29 is 22.3 Å². The van der Waals surface area contributed by atoms with E-state index in [1.807, 2.05) is 42.5 Å². The molecule has 0 amide bonds. The second-order valence-corrected chi connectivity index (χ2v) is 10.6. The number of hydrogen-bond donors (Lipinski definition) is 0. The summed E-state index contributed by atoms with van der Waals surface area (Å²) in [5, 5.41) is 1.03. The molecule has 1 aromatic heterocycles. The van der Waals surface area contributed by atoms with Crippen LogP contribution in [0.4, 0.5) is 4.39 Å². The van der Waals surface area contributed by atoms with Crippen LogP contribution in [0.3, 0.4) is 0 Å². The van der Waals surface area contributed by atoms with E-state index in [1.165, 1.54) is 12.1 Å². The molecule has 4 aromatic rings. The molecule has 0 N–H and O–H groups in total. The van der Waals surface area contributed by atoms with Crippen LogP contribution in [-0.4, -0.2) is 27.2 Å². The molecule has 0 bridgehead atoms. The van der Waals surface area contributed by atoms with Crippen molar-refractivity contribution in [3.8, 4) is 11.1 Å². The van der Waals surface area contributed by atoms with Crippen molar-refractivity contribution in [1.82, 2.24) is 0 Å². The van der Waals surface area contributed by atoms with Crippen LogP contribution in [0.2, 0.25) is 0 Å². The Bertz CT molecular complexity index is 1420. The van der Waals surface area contributed by atoms with Gasteiger partial charge in [-0.1, -0.05) is 30.3 Å². The molecular formula is C25H21FO4S2. The second-order valence-electron chi connectivity index (χ2n) is 7.48. The number of benzene rings is 3. The zero-order chi connectivity index (χ0) is 22.9. The zero-order valence-electron chi connectivity index (χ0n) is 17.6. The highest BCUT2D eigenvalue weighted by atomic mass is 32.2. The van der Waals surface area contributed by atoms with Gasteiger partial charge in [0.15, 0.2) is 9.84 Å². The molecule has 0 aliphatic heterocycles. The summed E-state index contributed by atoms with van der Waals surface area (Å²) in [5.41, 5.74) is 2.98. The van der Waals surface area contributed by atoms with Gasteiger partial charge in [-0.2, -0.15) is 0 Å². The van der Waals surface area contributed by atoms with Gasteiger partial charge in [0.1, 0.15) is 5.82 Å². The summed E-state index contributed by atoms with van der Waals surface area (Å²) >= 11 is 1.57. The molecule has 0 radical (unpaired) electrons. The van der Waals surface area contributed by atoms with Crippen LogP contribution in [0.5, 0.6) is 0 Å². The minimum atomic E-state index is -3.50. The number of esters is 1. The van der Waals surface area contributed by atoms with Crippen molar-refractivity contribution in [3.63, 3.8) is 0 Å². The molecule has 3 aromatic carbocycles. The van der Waals surface area contributed by atoms with E-state index in [-0.39, 0.29) is 10.9 Å². The van der Waals surface area contributed by atoms with Crippen LogP contribution in [-0.2, 0) is 21.0 Å². The van der Waals surface area contributed by atoms with E-state index in [2.05, 4.69) is 0 Å². The molecule has 32 heavy (non-hydrogen) atoms. The number of carbonyl (C=O) groups is 1. The highest BCUT2D eigenvalue weighted by Crippen LogP contribution is 2.36. The predicted octanol–water partition coefficient (Wildman–Crippen LogP) is 5.88. The average Bonchev–Trinajstić information content (AvgIpc) is 3.15. The predicted molar refractivity (Wildman–Crippen MR) is 126 cm³/mol. The maximum absolute atomic E-state index is 14.0. The standard InChI is InChI=1S/C25H21FO4S2/c1-3-30-25(27)19-8-4-6-17(13-19)23-9-5-7-18-14-21(31-24(18)23)11-16-10-20(26)15-22(12-16)32(2,28)29/h4-10,12-15H,3,11H2,1-2H3. The third-order valence-corrected chi connectivity index (χ3v) is 7.29. The first-order chi connectivity index (χ1) is 15.2. The van der Waals surface area contributed by atoms with Gasteiger partial charge < -0.3 is 4.74 Å². The zero-order valence-corrected chi connectivity index (χ0v) is 19.2. The fraction of sp³-hybridized carbons (Fsp3) is 0.160. The number of hydrogen-bond acceptors (Lipinski definition) is 5. The Morgan fingerprint density at radius 3 is 2.56 bits per heavy atom. The quantitative estimate of drug-likeness (QED) is 0.332. The van der Waals surface area contributed by atoms with Crippen molar-refractivity contribution in [2.45, 2.75) is 18.2 Å². The van der Waals surface area contributed by atoms with Crippen LogP contribution < -0.4 is 0 Å². The number of fused-ring (bicyclic) bond motifs is 1. The maximum atomic E-state index is 14.0. The van der Waals surface area contributed by atoms with Crippen LogP contribution in [0.25, 0.3) is 21.2 Å². The lowest BCUT2D eigenvalue weighted by atomic mass is 10.0. The molecule has 0 unspecified atom stereocenters. The number of sulfone groups is 1. The van der Waals surface area contributed by atoms with Crippen LogP contribution >= 0.6 is 11.3 Å². The molecule has 0 aliphatic carbocycles. The molecule has 7 heteroatoms. The summed E-state index contributed by atoms with van der Waals surface area (Å²) in [6.07, 6.45) is 1.49. The largest absolute Gasteiger partial charge is 0.462 e. The summed E-state index contributed by atoms with van der Waals surface area (Å²) in [5.74, 6) is -0.929. The van der Waals surface area contributed by atoms with Crippen LogP contribution in [0.15, 0.2) is 71.6 Å². The van der Waals surface area contributed by atoms with Crippen molar-refractivity contribution in [2.24, 2.45) is 0 Å². The Balaban J connectivity index is 1.72. The normalized spacial score (nSPS) is 11.6. The Kier molecular flexibility index (Phi) is 6.13. The number of halogens is 1. The van der Waals surface area contributed by atoms with Gasteiger partial charge >= 0.3 is 5.97 Å². The average molecular weight is 469 g/mol. The Labute approximate surface area is 190 Å². The first-order valence-corrected chi connectivity index (χ1v) is 12.7. The van der Waals surface area contributed by atoms with Crippen molar-refractivity contribution in [3.05, 3.63) is 88.6 Å². The summed E-state index contributed by atoms with van der Waals surface area (Å²) < 4.78 is 43.9. The molecular weight excluding hydrogens is 447 g/mol. The van der Waals surface area contributed by atoms with Crippen molar-refractivity contribution >= 4 is 37.2 Å². The van der Waals surface area contributed by atoms with Gasteiger partial charge in [0, 0.05) is 22.3 Å². The van der Waals surface area contributed by atoms with Gasteiger partial charge in [-0.3, -0.25) is 0 Å². The molecule has 4 nitrogen and oxygen atoms in total. The first-order valence-electron chi connectivity index (χ1n) is 10.0. The molecule has 0 spiro atoms. The van der Waals surface area contributed by atoms with E-state index >= 15 is 0 Å². The molecule has 164 valence electrons. The third-order valence-electron chi connectivity index (χ3n) is 5.02. The summed E-state index contributed by atoms with van der Waals surface area (Å²) in [6, 6.07) is 19.2. The minimum absolute atomic E-state index is 0.0231. The van der Waals surface area contributed by atoms with Gasteiger partial charge in [0.25, 0.3) is 0 Å². The molecule has 0 aliphatic rings. The van der Waals surface area contributed by atoms with Gasteiger partial charge in [0.05, 0.1) is 17.1 Å². The van der Waals surface area contributed by atoms with E-state index in [4.69, 9.17) is 4.74 Å². The van der Waals surface area contributed by atoms with Gasteiger partial charge in [0.2, 0.25) is 0 Å². The van der Waals surface area contributed by atoms with E-state index < -0.39 is 15.7 Å². The lowest BCUT2D eigenvalue weighted by Gasteiger charge is -2.06. The van der Waals surface area contributed by atoms with E-state index in [9.17, 15) is 17.6 Å². The van der Waals surface area contributed by atoms with Gasteiger partial charge in [-0.05, 0) is 65.4 Å². The Morgan fingerprint density at radius 2 is 1.81 bits per heavy atom. The fourth-order valence-electron chi connectivity index (χ4n) is 3.60. The van der Waals surface area contributed by atoms with E-state index in [0.717, 1.165) is 38.4 Å². The Hall–Kier alpha value is -3.03. The van der Waals surface area contributed by atoms with Crippen LogP contribution in [0, 0.1) is 5.82 Å². The molecule has 0 atom stereocenters. The number of ether oxygens (including phenoxy) is 1. The number of rotatable bonds is 6. The maximum Gasteiger partial charge on any atom is 0.338 e. The SMILES string of the molecule is CCOC(=O)c1cccc(-c2cccc3cc(Cc4cc(F)cc(S(C)(=O)=O)c4)sc23)c1. The second kappa shape index (κ2) is 8.84. The molecule has 0 saturated heterocycles. The van der Waals surface area contributed by atoms with Crippen LogP contribution in [0.1, 0.15) is 27.7 Å². The van der Waals surface area contributed by atoms with E-state index in [0.29, 0.717) is 24.2 Å².